The Kier molecular flexibility index (Phi) is 12.4. The van der Waals surface area contributed by atoms with E-state index in [1.807, 2.05) is 23.2 Å². The summed E-state index contributed by atoms with van der Waals surface area (Å²) in [5, 5.41) is 1.19. The summed E-state index contributed by atoms with van der Waals surface area (Å²) in [6.07, 6.45) is 10.0. The number of carbonyl (C=O) groups is 2. The number of unbranched alkanes of at least 4 members (excludes halogenated alkanes) is 5. The topological polar surface area (TPSA) is 65.6 Å². The average molecular weight is 520 g/mol. The molecule has 1 aromatic heterocycles. The Morgan fingerprint density at radius 3 is 2.37 bits per heavy atom. The minimum atomic E-state index is -0.0298. The number of para-hydroxylation sites is 1. The highest BCUT2D eigenvalue weighted by Gasteiger charge is 2.22. The Labute approximate surface area is 228 Å². The number of ether oxygens (including phenoxy) is 1. The highest BCUT2D eigenvalue weighted by atomic mass is 16.5. The van der Waals surface area contributed by atoms with E-state index in [4.69, 9.17) is 4.74 Å². The van der Waals surface area contributed by atoms with Crippen LogP contribution in [0.5, 0.6) is 0 Å². The van der Waals surface area contributed by atoms with Crippen molar-refractivity contribution in [3.05, 3.63) is 71.4 Å². The van der Waals surface area contributed by atoms with Gasteiger partial charge >= 0.3 is 0 Å². The van der Waals surface area contributed by atoms with E-state index < -0.39 is 0 Å². The van der Waals surface area contributed by atoms with Crippen molar-refractivity contribution in [1.29, 1.82) is 0 Å². The molecule has 0 aliphatic rings. The Hall–Kier alpha value is -3.12. The molecule has 0 fully saturated rings. The van der Waals surface area contributed by atoms with Crippen molar-refractivity contribution in [2.24, 2.45) is 0 Å². The zero-order valence-corrected chi connectivity index (χ0v) is 23.5. The van der Waals surface area contributed by atoms with E-state index >= 15 is 0 Å². The molecule has 0 atom stereocenters. The Morgan fingerprint density at radius 2 is 1.61 bits per heavy atom. The standard InChI is InChI=1S/C32H45N3O3/c1-4-5-6-7-8-9-14-31(36)35(21-22-38-3)25-32(37)34(24-27-17-15-26(2)16-18-27)20-19-28-23-33-30-13-11-10-12-29(28)30/h10-13,15-18,23,33H,4-9,14,19-22,24-25H2,1-3H3. The molecular weight excluding hydrogens is 474 g/mol. The number of amides is 2. The molecule has 3 rings (SSSR count). The summed E-state index contributed by atoms with van der Waals surface area (Å²) in [5.74, 6) is 0.00983. The van der Waals surface area contributed by atoms with Gasteiger partial charge in [0.1, 0.15) is 0 Å². The minimum absolute atomic E-state index is 0.0298. The maximum absolute atomic E-state index is 13.6. The van der Waals surface area contributed by atoms with E-state index in [1.165, 1.54) is 35.8 Å². The van der Waals surface area contributed by atoms with Gasteiger partial charge in [-0.2, -0.15) is 0 Å². The quantitative estimate of drug-likeness (QED) is 0.214. The molecule has 0 aliphatic carbocycles. The van der Waals surface area contributed by atoms with E-state index in [0.717, 1.165) is 36.8 Å². The lowest BCUT2D eigenvalue weighted by Crippen LogP contribution is -2.44. The van der Waals surface area contributed by atoms with Crippen molar-refractivity contribution < 1.29 is 14.3 Å². The van der Waals surface area contributed by atoms with Gasteiger partial charge in [0.15, 0.2) is 0 Å². The van der Waals surface area contributed by atoms with Crippen LogP contribution in [0.25, 0.3) is 10.9 Å². The molecule has 2 amide bonds. The van der Waals surface area contributed by atoms with Crippen LogP contribution in [0.15, 0.2) is 54.7 Å². The van der Waals surface area contributed by atoms with Gasteiger partial charge in [-0.25, -0.2) is 0 Å². The molecule has 0 aliphatic heterocycles. The highest BCUT2D eigenvalue weighted by Crippen LogP contribution is 2.19. The summed E-state index contributed by atoms with van der Waals surface area (Å²) in [6, 6.07) is 16.5. The molecule has 3 aromatic rings. The molecule has 0 saturated heterocycles. The SMILES string of the molecule is CCCCCCCCC(=O)N(CCOC)CC(=O)N(CCc1c[nH]c2ccccc12)Cc1ccc(C)cc1. The molecule has 0 saturated carbocycles. The van der Waals surface area contributed by atoms with Crippen molar-refractivity contribution in [3.8, 4) is 0 Å². The number of nitrogens with one attached hydrogen (secondary N) is 1. The zero-order valence-electron chi connectivity index (χ0n) is 23.5. The number of hydrogen-bond acceptors (Lipinski definition) is 3. The highest BCUT2D eigenvalue weighted by molar-refractivity contribution is 5.85. The van der Waals surface area contributed by atoms with Crippen LogP contribution >= 0.6 is 0 Å². The molecule has 0 unspecified atom stereocenters. The zero-order chi connectivity index (χ0) is 27.2. The number of benzene rings is 2. The normalized spacial score (nSPS) is 11.1. The van der Waals surface area contributed by atoms with Crippen LogP contribution in [0.1, 0.15) is 68.6 Å². The molecule has 0 bridgehead atoms. The van der Waals surface area contributed by atoms with E-state index in [1.54, 1.807) is 12.0 Å². The van der Waals surface area contributed by atoms with Gasteiger partial charge in [-0.05, 0) is 37.0 Å². The molecule has 206 valence electrons. The maximum Gasteiger partial charge on any atom is 0.242 e. The lowest BCUT2D eigenvalue weighted by atomic mass is 10.1. The lowest BCUT2D eigenvalue weighted by molar-refractivity contribution is -0.141. The van der Waals surface area contributed by atoms with Crippen molar-refractivity contribution in [3.63, 3.8) is 0 Å². The number of methoxy groups -OCH3 is 1. The van der Waals surface area contributed by atoms with Crippen molar-refractivity contribution >= 4 is 22.7 Å². The van der Waals surface area contributed by atoms with Gasteiger partial charge in [0.25, 0.3) is 0 Å². The molecule has 6 nitrogen and oxygen atoms in total. The predicted molar refractivity (Wildman–Crippen MR) is 155 cm³/mol. The average Bonchev–Trinajstić information content (AvgIpc) is 3.34. The molecule has 2 aromatic carbocycles. The predicted octanol–water partition coefficient (Wildman–Crippen LogP) is 6.27. The van der Waals surface area contributed by atoms with Crippen LogP contribution in [-0.4, -0.2) is 59.9 Å². The first kappa shape index (κ1) is 29.4. The van der Waals surface area contributed by atoms with Crippen molar-refractivity contribution in [2.45, 2.75) is 71.8 Å². The third-order valence-corrected chi connectivity index (χ3v) is 7.16. The summed E-state index contributed by atoms with van der Waals surface area (Å²) >= 11 is 0. The number of hydrogen-bond donors (Lipinski definition) is 1. The van der Waals surface area contributed by atoms with Crippen LogP contribution in [0.4, 0.5) is 0 Å². The number of aryl methyl sites for hydroxylation is 1. The molecule has 1 N–H and O–H groups in total. The molecule has 6 heteroatoms. The first-order valence-corrected chi connectivity index (χ1v) is 14.2. The van der Waals surface area contributed by atoms with Gasteiger partial charge in [0.05, 0.1) is 13.2 Å². The largest absolute Gasteiger partial charge is 0.383 e. The molecule has 1 heterocycles. The van der Waals surface area contributed by atoms with E-state index in [9.17, 15) is 9.59 Å². The van der Waals surface area contributed by atoms with Crippen LogP contribution in [0.2, 0.25) is 0 Å². The second kappa shape index (κ2) is 16.0. The Bertz CT molecular complexity index is 1120. The number of aromatic nitrogens is 1. The smallest absolute Gasteiger partial charge is 0.242 e. The first-order valence-electron chi connectivity index (χ1n) is 14.2. The Morgan fingerprint density at radius 1 is 0.868 bits per heavy atom. The second-order valence-corrected chi connectivity index (χ2v) is 10.2. The van der Waals surface area contributed by atoms with Gasteiger partial charge in [-0.15, -0.1) is 0 Å². The third-order valence-electron chi connectivity index (χ3n) is 7.16. The van der Waals surface area contributed by atoms with Crippen LogP contribution in [0.3, 0.4) is 0 Å². The van der Waals surface area contributed by atoms with E-state index in [-0.39, 0.29) is 18.4 Å². The lowest BCUT2D eigenvalue weighted by Gasteiger charge is -2.28. The van der Waals surface area contributed by atoms with Crippen LogP contribution in [-0.2, 0) is 27.3 Å². The van der Waals surface area contributed by atoms with E-state index in [0.29, 0.717) is 32.7 Å². The van der Waals surface area contributed by atoms with Gasteiger partial charge in [0.2, 0.25) is 11.8 Å². The summed E-state index contributed by atoms with van der Waals surface area (Å²) < 4.78 is 5.26. The van der Waals surface area contributed by atoms with Crippen LogP contribution in [0, 0.1) is 6.92 Å². The Balaban J connectivity index is 1.67. The molecule has 38 heavy (non-hydrogen) atoms. The number of aromatic amines is 1. The number of nitrogens with zero attached hydrogens (tertiary/aromatic N) is 2. The van der Waals surface area contributed by atoms with Gasteiger partial charge in [-0.1, -0.05) is 87.1 Å². The molecular formula is C32H45N3O3. The maximum atomic E-state index is 13.6. The monoisotopic (exact) mass is 519 g/mol. The van der Waals surface area contributed by atoms with Gasteiger partial charge < -0.3 is 19.5 Å². The minimum Gasteiger partial charge on any atom is -0.383 e. The number of rotatable bonds is 17. The molecule has 0 radical (unpaired) electrons. The first-order chi connectivity index (χ1) is 18.5. The summed E-state index contributed by atoms with van der Waals surface area (Å²) in [5.41, 5.74) is 4.57. The number of fused-ring (bicyclic) bond motifs is 1. The van der Waals surface area contributed by atoms with Crippen LogP contribution < -0.4 is 0 Å². The fourth-order valence-corrected chi connectivity index (χ4v) is 4.77. The van der Waals surface area contributed by atoms with E-state index in [2.05, 4.69) is 55.2 Å². The number of carbonyl (C=O) groups excluding carboxylic acids is 2. The summed E-state index contributed by atoms with van der Waals surface area (Å²) in [6.45, 7) is 6.30. The van der Waals surface area contributed by atoms with Crippen molar-refractivity contribution in [2.75, 3.05) is 33.4 Å². The molecule has 0 spiro atoms. The van der Waals surface area contributed by atoms with Gasteiger partial charge in [-0.3, -0.25) is 9.59 Å². The third kappa shape index (κ3) is 9.32. The van der Waals surface area contributed by atoms with Gasteiger partial charge in [0, 0.05) is 50.3 Å². The summed E-state index contributed by atoms with van der Waals surface area (Å²) in [4.78, 5) is 33.6. The summed E-state index contributed by atoms with van der Waals surface area (Å²) in [7, 11) is 1.63. The second-order valence-electron chi connectivity index (χ2n) is 10.2. The van der Waals surface area contributed by atoms with Crippen molar-refractivity contribution in [1.82, 2.24) is 14.8 Å². The fourth-order valence-electron chi connectivity index (χ4n) is 4.77. The number of H-pyrrole nitrogens is 1. The fraction of sp³-hybridized carbons (Fsp3) is 0.500.